The molecule has 0 atom stereocenters. The number of carbonyl (C=O) groups excluding carboxylic acids is 1. The lowest BCUT2D eigenvalue weighted by atomic mass is 9.85. The van der Waals surface area contributed by atoms with Crippen molar-refractivity contribution in [3.05, 3.63) is 35.4 Å². The first-order valence-electron chi connectivity index (χ1n) is 7.79. The van der Waals surface area contributed by atoms with E-state index >= 15 is 0 Å². The van der Waals surface area contributed by atoms with Gasteiger partial charge >= 0.3 is 5.97 Å². The second kappa shape index (κ2) is 7.40. The fourth-order valence-electron chi connectivity index (χ4n) is 2.94. The molecule has 0 aliphatic heterocycles. The topological polar surface area (TPSA) is 69.6 Å². The fraction of sp³-hybridized carbons (Fsp3) is 0.529. The maximum Gasteiger partial charge on any atom is 0.317 e. The van der Waals surface area contributed by atoms with Gasteiger partial charge in [0.2, 0.25) is 5.91 Å². The Labute approximate surface area is 131 Å². The second-order valence-corrected chi connectivity index (χ2v) is 5.95. The third kappa shape index (κ3) is 4.31. The summed E-state index contributed by atoms with van der Waals surface area (Å²) in [6.07, 6.45) is 2.07. The molecule has 1 amide bonds. The second-order valence-electron chi connectivity index (χ2n) is 5.95. The van der Waals surface area contributed by atoms with Gasteiger partial charge in [0.15, 0.2) is 0 Å². The Balaban J connectivity index is 1.76. The van der Waals surface area contributed by atoms with Crippen LogP contribution in [0.5, 0.6) is 0 Å². The molecule has 5 heteroatoms. The third-order valence-electron chi connectivity index (χ3n) is 4.35. The van der Waals surface area contributed by atoms with Crippen molar-refractivity contribution in [2.45, 2.75) is 45.2 Å². The fourth-order valence-corrected chi connectivity index (χ4v) is 2.94. The molecular weight excluding hydrogens is 280 g/mol. The average molecular weight is 304 g/mol. The Bertz CT molecular complexity index is 538. The molecule has 1 fully saturated rings. The molecule has 5 nitrogen and oxygen atoms in total. The molecule has 0 aromatic heterocycles. The molecule has 0 unspecified atom stereocenters. The first-order chi connectivity index (χ1) is 10.5. The normalized spacial score (nSPS) is 20.5. The smallest absolute Gasteiger partial charge is 0.317 e. The van der Waals surface area contributed by atoms with Gasteiger partial charge in [-0.05, 0) is 37.4 Å². The highest BCUT2D eigenvalue weighted by molar-refractivity contribution is 5.79. The largest absolute Gasteiger partial charge is 0.480 e. The maximum atomic E-state index is 12.1. The predicted octanol–water partition coefficient (Wildman–Crippen LogP) is 1.59. The van der Waals surface area contributed by atoms with E-state index in [1.165, 1.54) is 0 Å². The summed E-state index contributed by atoms with van der Waals surface area (Å²) < 4.78 is 0. The number of aryl methyl sites for hydroxylation is 1. The van der Waals surface area contributed by atoms with Crippen molar-refractivity contribution in [1.82, 2.24) is 10.2 Å². The standard InChI is InChI=1S/C17H24N2O3/c1-3-19(11-17(21)22)15-9-14(10-15)18-16(20)8-13-7-5-4-6-12(13)2/h4-7,14-15H,3,8-11H2,1-2H3,(H,18,20)(H,21,22). The van der Waals surface area contributed by atoms with Gasteiger partial charge in [0.1, 0.15) is 0 Å². The Morgan fingerprint density at radius 1 is 1.32 bits per heavy atom. The van der Waals surface area contributed by atoms with E-state index < -0.39 is 5.97 Å². The molecule has 1 aromatic carbocycles. The van der Waals surface area contributed by atoms with Crippen LogP contribution in [0.2, 0.25) is 0 Å². The SMILES string of the molecule is CCN(CC(=O)O)C1CC(NC(=O)Cc2ccccc2C)C1. The summed E-state index contributed by atoms with van der Waals surface area (Å²) in [5.41, 5.74) is 2.18. The Kier molecular flexibility index (Phi) is 5.55. The molecule has 0 bridgehead atoms. The Morgan fingerprint density at radius 3 is 2.59 bits per heavy atom. The van der Waals surface area contributed by atoms with Crippen LogP contribution >= 0.6 is 0 Å². The first-order valence-corrected chi connectivity index (χ1v) is 7.79. The zero-order valence-electron chi connectivity index (χ0n) is 13.2. The zero-order chi connectivity index (χ0) is 16.1. The van der Waals surface area contributed by atoms with Crippen molar-refractivity contribution in [1.29, 1.82) is 0 Å². The quantitative estimate of drug-likeness (QED) is 0.802. The minimum absolute atomic E-state index is 0.0408. The molecule has 22 heavy (non-hydrogen) atoms. The van der Waals surface area contributed by atoms with Gasteiger partial charge in [-0.2, -0.15) is 0 Å². The maximum absolute atomic E-state index is 12.1. The summed E-state index contributed by atoms with van der Waals surface area (Å²) in [4.78, 5) is 24.8. The molecule has 120 valence electrons. The predicted molar refractivity (Wildman–Crippen MR) is 84.7 cm³/mol. The molecule has 1 aliphatic rings. The van der Waals surface area contributed by atoms with Gasteiger partial charge < -0.3 is 10.4 Å². The molecule has 1 aliphatic carbocycles. The molecule has 1 saturated carbocycles. The van der Waals surface area contributed by atoms with Crippen LogP contribution < -0.4 is 5.32 Å². The van der Waals surface area contributed by atoms with Gasteiger partial charge in [-0.15, -0.1) is 0 Å². The molecule has 0 spiro atoms. The van der Waals surface area contributed by atoms with Crippen LogP contribution in [-0.2, 0) is 16.0 Å². The average Bonchev–Trinajstić information content (AvgIpc) is 2.42. The van der Waals surface area contributed by atoms with Crippen LogP contribution in [0.3, 0.4) is 0 Å². The molecule has 0 radical (unpaired) electrons. The monoisotopic (exact) mass is 304 g/mol. The van der Waals surface area contributed by atoms with Gasteiger partial charge in [-0.25, -0.2) is 0 Å². The third-order valence-corrected chi connectivity index (χ3v) is 4.35. The van der Waals surface area contributed by atoms with Gasteiger partial charge in [-0.3, -0.25) is 14.5 Å². The zero-order valence-corrected chi connectivity index (χ0v) is 13.2. The van der Waals surface area contributed by atoms with Crippen LogP contribution in [0.15, 0.2) is 24.3 Å². The number of benzene rings is 1. The molecule has 0 saturated heterocycles. The van der Waals surface area contributed by atoms with Crippen LogP contribution in [0, 0.1) is 6.92 Å². The van der Waals surface area contributed by atoms with E-state index in [0.29, 0.717) is 6.42 Å². The number of nitrogens with one attached hydrogen (secondary N) is 1. The summed E-state index contributed by atoms with van der Waals surface area (Å²) in [5, 5.41) is 11.9. The van der Waals surface area contributed by atoms with E-state index in [9.17, 15) is 9.59 Å². The lowest BCUT2D eigenvalue weighted by Gasteiger charge is -2.42. The number of amides is 1. The minimum Gasteiger partial charge on any atom is -0.480 e. The van der Waals surface area contributed by atoms with Gasteiger partial charge in [0, 0.05) is 12.1 Å². The van der Waals surface area contributed by atoms with Crippen LogP contribution in [0.25, 0.3) is 0 Å². The summed E-state index contributed by atoms with van der Waals surface area (Å²) in [7, 11) is 0. The highest BCUT2D eigenvalue weighted by Gasteiger charge is 2.34. The minimum atomic E-state index is -0.797. The van der Waals surface area contributed by atoms with Gasteiger partial charge in [0.25, 0.3) is 0 Å². The van der Waals surface area contributed by atoms with E-state index in [-0.39, 0.29) is 24.5 Å². The number of nitrogens with zero attached hydrogens (tertiary/aromatic N) is 1. The molecule has 2 N–H and O–H groups in total. The molecule has 0 heterocycles. The summed E-state index contributed by atoms with van der Waals surface area (Å²) in [6.45, 7) is 4.77. The van der Waals surface area contributed by atoms with E-state index in [1.807, 2.05) is 43.0 Å². The summed E-state index contributed by atoms with van der Waals surface area (Å²) >= 11 is 0. The highest BCUT2D eigenvalue weighted by atomic mass is 16.4. The van der Waals surface area contributed by atoms with E-state index in [4.69, 9.17) is 5.11 Å². The summed E-state index contributed by atoms with van der Waals surface area (Å²) in [6, 6.07) is 8.33. The van der Waals surface area contributed by atoms with Crippen molar-refractivity contribution in [3.8, 4) is 0 Å². The first kappa shape index (κ1) is 16.5. The molecule has 1 aromatic rings. The Hall–Kier alpha value is -1.88. The number of aliphatic carboxylic acids is 1. The number of hydrogen-bond donors (Lipinski definition) is 2. The summed E-state index contributed by atoms with van der Waals surface area (Å²) in [5.74, 6) is -0.757. The highest BCUT2D eigenvalue weighted by Crippen LogP contribution is 2.25. The van der Waals surface area contributed by atoms with Crippen molar-refractivity contribution >= 4 is 11.9 Å². The van der Waals surface area contributed by atoms with Crippen molar-refractivity contribution < 1.29 is 14.7 Å². The number of carboxylic acid groups (broad SMARTS) is 1. The number of hydrogen-bond acceptors (Lipinski definition) is 3. The van der Waals surface area contributed by atoms with Gasteiger partial charge in [-0.1, -0.05) is 31.2 Å². The van der Waals surface area contributed by atoms with Crippen molar-refractivity contribution in [3.63, 3.8) is 0 Å². The van der Waals surface area contributed by atoms with Crippen molar-refractivity contribution in [2.75, 3.05) is 13.1 Å². The number of carboxylic acids is 1. The van der Waals surface area contributed by atoms with E-state index in [0.717, 1.165) is 30.5 Å². The number of carbonyl (C=O) groups is 2. The lowest BCUT2D eigenvalue weighted by Crippen LogP contribution is -2.55. The Morgan fingerprint density at radius 2 is 2.00 bits per heavy atom. The van der Waals surface area contributed by atoms with Crippen LogP contribution in [0.4, 0.5) is 0 Å². The van der Waals surface area contributed by atoms with E-state index in [2.05, 4.69) is 5.32 Å². The van der Waals surface area contributed by atoms with E-state index in [1.54, 1.807) is 0 Å². The number of likely N-dealkylation sites (N-methyl/N-ethyl adjacent to an activating group) is 1. The van der Waals surface area contributed by atoms with Gasteiger partial charge in [0.05, 0.1) is 13.0 Å². The molecular formula is C17H24N2O3. The van der Waals surface area contributed by atoms with Crippen LogP contribution in [0.1, 0.15) is 30.9 Å². The van der Waals surface area contributed by atoms with Crippen LogP contribution in [-0.4, -0.2) is 47.1 Å². The lowest BCUT2D eigenvalue weighted by molar-refractivity contribution is -0.139. The van der Waals surface area contributed by atoms with Crippen molar-refractivity contribution in [2.24, 2.45) is 0 Å². The number of rotatable bonds is 7. The molecule has 2 rings (SSSR count).